The maximum absolute atomic E-state index is 13.0. The van der Waals surface area contributed by atoms with Gasteiger partial charge in [0.15, 0.2) is 0 Å². The zero-order valence-electron chi connectivity index (χ0n) is 13.9. The molecule has 1 N–H and O–H groups in total. The molecule has 6 heteroatoms. The van der Waals surface area contributed by atoms with Crippen LogP contribution < -0.4 is 10.9 Å². The first-order chi connectivity index (χ1) is 12.2. The monoisotopic (exact) mass is 350 g/mol. The molecule has 0 fully saturated rings. The van der Waals surface area contributed by atoms with Crippen molar-refractivity contribution in [2.24, 2.45) is 5.92 Å². The smallest absolute Gasteiger partial charge is 0.275 e. The Kier molecular flexibility index (Phi) is 3.97. The molecule has 3 heterocycles. The summed E-state index contributed by atoms with van der Waals surface area (Å²) in [6.45, 7) is 6.53. The third kappa shape index (κ3) is 2.68. The molecule has 5 nitrogen and oxygen atoms in total. The van der Waals surface area contributed by atoms with E-state index in [-0.39, 0.29) is 5.56 Å². The van der Waals surface area contributed by atoms with Gasteiger partial charge in [-0.2, -0.15) is 0 Å². The van der Waals surface area contributed by atoms with Gasteiger partial charge in [-0.3, -0.25) is 9.36 Å². The molecule has 4 rings (SSSR count). The fourth-order valence-corrected chi connectivity index (χ4v) is 4.01. The zero-order chi connectivity index (χ0) is 17.4. The molecular formula is C19H18N4OS. The first-order valence-electron chi connectivity index (χ1n) is 8.21. The summed E-state index contributed by atoms with van der Waals surface area (Å²) in [6.07, 6.45) is 12.3. The maximum atomic E-state index is 13.0. The van der Waals surface area contributed by atoms with E-state index in [1.165, 1.54) is 11.3 Å². The van der Waals surface area contributed by atoms with E-state index in [2.05, 4.69) is 40.9 Å². The number of thiophene rings is 1. The van der Waals surface area contributed by atoms with Crippen molar-refractivity contribution < 1.29 is 0 Å². The molecule has 1 aliphatic rings. The Morgan fingerprint density at radius 1 is 1.48 bits per heavy atom. The van der Waals surface area contributed by atoms with Crippen LogP contribution in [0.15, 0.2) is 54.3 Å². The van der Waals surface area contributed by atoms with Gasteiger partial charge in [-0.05, 0) is 24.5 Å². The van der Waals surface area contributed by atoms with Crippen LogP contribution in [0.3, 0.4) is 0 Å². The first-order valence-corrected chi connectivity index (χ1v) is 9.03. The number of anilines is 1. The highest BCUT2D eigenvalue weighted by Crippen LogP contribution is 2.34. The van der Waals surface area contributed by atoms with Gasteiger partial charge in [0.05, 0.1) is 10.9 Å². The van der Waals surface area contributed by atoms with E-state index >= 15 is 0 Å². The molecule has 0 saturated heterocycles. The van der Waals surface area contributed by atoms with Crippen LogP contribution in [0, 0.1) is 5.92 Å². The van der Waals surface area contributed by atoms with E-state index in [1.54, 1.807) is 23.2 Å². The summed E-state index contributed by atoms with van der Waals surface area (Å²) in [5.41, 5.74) is 2.46. The zero-order valence-corrected chi connectivity index (χ0v) is 14.7. The summed E-state index contributed by atoms with van der Waals surface area (Å²) in [7, 11) is 0. The van der Waals surface area contributed by atoms with Crippen molar-refractivity contribution in [3.05, 3.63) is 59.8 Å². The van der Waals surface area contributed by atoms with Crippen LogP contribution in [0.25, 0.3) is 26.1 Å². The minimum atomic E-state index is -0.0480. The van der Waals surface area contributed by atoms with Crippen LogP contribution in [-0.4, -0.2) is 21.1 Å². The van der Waals surface area contributed by atoms with Crippen molar-refractivity contribution >= 4 is 43.2 Å². The Labute approximate surface area is 149 Å². The van der Waals surface area contributed by atoms with E-state index in [0.29, 0.717) is 22.7 Å². The van der Waals surface area contributed by atoms with Gasteiger partial charge in [0.2, 0.25) is 0 Å². The van der Waals surface area contributed by atoms with Crippen molar-refractivity contribution in [3.63, 3.8) is 0 Å². The predicted molar refractivity (Wildman–Crippen MR) is 105 cm³/mol. The second kappa shape index (κ2) is 6.29. The van der Waals surface area contributed by atoms with Gasteiger partial charge in [0, 0.05) is 24.1 Å². The van der Waals surface area contributed by atoms with E-state index in [4.69, 9.17) is 0 Å². The minimum Gasteiger partial charge on any atom is -0.381 e. The molecule has 0 radical (unpaired) electrons. The third-order valence-corrected chi connectivity index (χ3v) is 5.37. The number of nitrogens with zero attached hydrogens (tertiary/aromatic N) is 3. The van der Waals surface area contributed by atoms with Gasteiger partial charge in [0.25, 0.3) is 5.56 Å². The Hall–Kier alpha value is -2.73. The molecule has 0 amide bonds. The molecular weight excluding hydrogens is 332 g/mol. The molecule has 0 aliphatic heterocycles. The first kappa shape index (κ1) is 15.8. The topological polar surface area (TPSA) is 59.8 Å². The molecule has 0 spiro atoms. The maximum Gasteiger partial charge on any atom is 0.275 e. The Balaban J connectivity index is 1.91. The van der Waals surface area contributed by atoms with Crippen molar-refractivity contribution in [1.29, 1.82) is 0 Å². The summed E-state index contributed by atoms with van der Waals surface area (Å²) < 4.78 is 2.25. The van der Waals surface area contributed by atoms with E-state index in [0.717, 1.165) is 28.0 Å². The second-order valence-corrected chi connectivity index (χ2v) is 7.11. The largest absolute Gasteiger partial charge is 0.381 e. The van der Waals surface area contributed by atoms with Crippen molar-refractivity contribution in [3.8, 4) is 0 Å². The highest BCUT2D eigenvalue weighted by Gasteiger charge is 2.16. The van der Waals surface area contributed by atoms with Crippen molar-refractivity contribution in [2.45, 2.75) is 13.3 Å². The number of pyridine rings is 1. The van der Waals surface area contributed by atoms with E-state index in [9.17, 15) is 4.79 Å². The molecule has 126 valence electrons. The number of nitrogens with one attached hydrogen (secondary N) is 1. The van der Waals surface area contributed by atoms with E-state index < -0.39 is 0 Å². The number of fused-ring (bicyclic) bond motifs is 3. The summed E-state index contributed by atoms with van der Waals surface area (Å²) in [5, 5.41) is 4.19. The quantitative estimate of drug-likeness (QED) is 0.722. The molecule has 1 atom stereocenters. The van der Waals surface area contributed by atoms with Crippen LogP contribution in [0.4, 0.5) is 5.69 Å². The van der Waals surface area contributed by atoms with Crippen LogP contribution >= 0.6 is 11.3 Å². The number of rotatable bonds is 4. The van der Waals surface area contributed by atoms with Crippen molar-refractivity contribution in [1.82, 2.24) is 14.5 Å². The van der Waals surface area contributed by atoms with Gasteiger partial charge in [-0.1, -0.05) is 25.2 Å². The fraction of sp³-hybridized carbons (Fsp3) is 0.211. The van der Waals surface area contributed by atoms with Gasteiger partial charge >= 0.3 is 0 Å². The molecule has 3 aromatic rings. The normalized spacial score (nSPS) is 17.0. The molecule has 1 unspecified atom stereocenters. The summed E-state index contributed by atoms with van der Waals surface area (Å²) >= 11 is 1.39. The highest BCUT2D eigenvalue weighted by atomic mass is 32.1. The molecule has 1 aliphatic carbocycles. The Bertz CT molecular complexity index is 1090. The molecule has 3 aromatic heterocycles. The van der Waals surface area contributed by atoms with Crippen LogP contribution in [0.1, 0.15) is 13.3 Å². The molecule has 25 heavy (non-hydrogen) atoms. The average molecular weight is 350 g/mol. The van der Waals surface area contributed by atoms with Gasteiger partial charge < -0.3 is 5.32 Å². The van der Waals surface area contributed by atoms with Gasteiger partial charge in [-0.15, -0.1) is 17.9 Å². The lowest BCUT2D eigenvalue weighted by Gasteiger charge is -2.13. The Morgan fingerprint density at radius 3 is 3.12 bits per heavy atom. The third-order valence-electron chi connectivity index (χ3n) is 4.29. The SMILES string of the molecule is C=CCNc1ccnc2sc3c(=O)n(C4=CCC(C)C=C4)cnc3c12. The summed E-state index contributed by atoms with van der Waals surface area (Å²) in [5.74, 6) is 0.503. The molecule has 0 bridgehead atoms. The molecule has 0 saturated carbocycles. The van der Waals surface area contributed by atoms with E-state index in [1.807, 2.05) is 12.1 Å². The second-order valence-electron chi connectivity index (χ2n) is 6.11. The van der Waals surface area contributed by atoms with Crippen molar-refractivity contribution in [2.75, 3.05) is 11.9 Å². The van der Waals surface area contributed by atoms with Crippen LogP contribution in [0.5, 0.6) is 0 Å². The Morgan fingerprint density at radius 2 is 2.36 bits per heavy atom. The number of allylic oxidation sites excluding steroid dienone is 4. The van der Waals surface area contributed by atoms with Gasteiger partial charge in [0.1, 0.15) is 15.9 Å². The summed E-state index contributed by atoms with van der Waals surface area (Å²) in [6, 6.07) is 1.90. The lowest BCUT2D eigenvalue weighted by Crippen LogP contribution is -2.19. The predicted octanol–water partition coefficient (Wildman–Crippen LogP) is 4.04. The number of hydrogen-bond donors (Lipinski definition) is 1. The summed E-state index contributed by atoms with van der Waals surface area (Å²) in [4.78, 5) is 22.8. The fourth-order valence-electron chi connectivity index (χ4n) is 2.96. The number of aromatic nitrogens is 3. The molecule has 0 aromatic carbocycles. The average Bonchev–Trinajstić information content (AvgIpc) is 3.01. The van der Waals surface area contributed by atoms with Gasteiger partial charge in [-0.25, -0.2) is 9.97 Å². The number of hydrogen-bond acceptors (Lipinski definition) is 5. The lowest BCUT2D eigenvalue weighted by molar-refractivity contribution is 0.732. The lowest BCUT2D eigenvalue weighted by atomic mass is 10.0. The van der Waals surface area contributed by atoms with Crippen LogP contribution in [-0.2, 0) is 0 Å². The highest BCUT2D eigenvalue weighted by molar-refractivity contribution is 7.25. The van der Waals surface area contributed by atoms with Crippen LogP contribution in [0.2, 0.25) is 0 Å². The minimum absolute atomic E-state index is 0.0480. The standard InChI is InChI=1S/C19H18N4OS/c1-3-9-20-14-8-10-21-18-15(14)16-17(25-18)19(24)23(11-22-16)13-6-4-12(2)5-7-13/h3-4,6-8,10-12H,1,5,9H2,2H3,(H,20,21).